The summed E-state index contributed by atoms with van der Waals surface area (Å²) in [7, 11) is 0. The van der Waals surface area contributed by atoms with Crippen LogP contribution in [-0.4, -0.2) is 46.1 Å². The Kier molecular flexibility index (Phi) is 5.17. The zero-order chi connectivity index (χ0) is 18.7. The van der Waals surface area contributed by atoms with E-state index < -0.39 is 22.8 Å². The lowest BCUT2D eigenvalue weighted by molar-refractivity contribution is -0.384. The minimum absolute atomic E-state index is 0.0680. The number of nitro benzene ring substituents is 1. The van der Waals surface area contributed by atoms with Crippen molar-refractivity contribution in [1.29, 1.82) is 0 Å². The van der Waals surface area contributed by atoms with Crippen LogP contribution in [0.1, 0.15) is 18.4 Å². The number of carboxylic acids is 1. The van der Waals surface area contributed by atoms with Crippen molar-refractivity contribution in [3.8, 4) is 0 Å². The van der Waals surface area contributed by atoms with E-state index in [1.807, 2.05) is 0 Å². The summed E-state index contributed by atoms with van der Waals surface area (Å²) in [5, 5.41) is 23.5. The molecule has 0 spiro atoms. The predicted molar refractivity (Wildman–Crippen MR) is 91.8 cm³/mol. The number of nitro groups is 1. The van der Waals surface area contributed by atoms with Crippen LogP contribution in [0.2, 0.25) is 0 Å². The van der Waals surface area contributed by atoms with E-state index in [1.165, 1.54) is 12.1 Å². The Morgan fingerprint density at radius 3 is 2.92 bits per heavy atom. The maximum Gasteiger partial charge on any atom is 0.326 e. The van der Waals surface area contributed by atoms with E-state index in [9.17, 15) is 24.8 Å². The number of rotatable bonds is 6. The highest BCUT2D eigenvalue weighted by atomic mass is 16.6. The van der Waals surface area contributed by atoms with Gasteiger partial charge in [-0.05, 0) is 24.5 Å². The van der Waals surface area contributed by atoms with Gasteiger partial charge in [0, 0.05) is 41.8 Å². The molecule has 138 valence electrons. The summed E-state index contributed by atoms with van der Waals surface area (Å²) in [6.07, 6.45) is 2.97. The van der Waals surface area contributed by atoms with Gasteiger partial charge in [-0.25, -0.2) is 4.79 Å². The van der Waals surface area contributed by atoms with Crippen molar-refractivity contribution < 1.29 is 24.4 Å². The zero-order valence-corrected chi connectivity index (χ0v) is 13.9. The Hall–Kier alpha value is -2.94. The van der Waals surface area contributed by atoms with Gasteiger partial charge in [0.2, 0.25) is 5.91 Å². The lowest BCUT2D eigenvalue weighted by Crippen LogP contribution is -2.48. The molecule has 0 aliphatic carbocycles. The van der Waals surface area contributed by atoms with Crippen LogP contribution >= 0.6 is 0 Å². The molecule has 3 rings (SSSR count). The van der Waals surface area contributed by atoms with Gasteiger partial charge in [-0.3, -0.25) is 14.9 Å². The first-order chi connectivity index (χ1) is 12.5. The van der Waals surface area contributed by atoms with Crippen LogP contribution < -0.4 is 5.32 Å². The van der Waals surface area contributed by atoms with Gasteiger partial charge in [0.1, 0.15) is 6.04 Å². The second-order valence-corrected chi connectivity index (χ2v) is 6.34. The number of benzene rings is 1. The second kappa shape index (κ2) is 7.52. The highest BCUT2D eigenvalue weighted by Crippen LogP contribution is 2.24. The van der Waals surface area contributed by atoms with Crippen LogP contribution in [0.25, 0.3) is 10.9 Å². The highest BCUT2D eigenvalue weighted by Gasteiger charge is 2.31. The summed E-state index contributed by atoms with van der Waals surface area (Å²) >= 11 is 0. The molecule has 1 fully saturated rings. The van der Waals surface area contributed by atoms with Crippen molar-refractivity contribution in [3.63, 3.8) is 0 Å². The van der Waals surface area contributed by atoms with Crippen LogP contribution in [-0.2, 0) is 20.7 Å². The third-order valence-electron chi connectivity index (χ3n) is 4.56. The number of nitrogens with one attached hydrogen (secondary N) is 2. The molecule has 2 aromatic rings. The van der Waals surface area contributed by atoms with E-state index in [4.69, 9.17) is 4.74 Å². The van der Waals surface area contributed by atoms with E-state index in [0.717, 1.165) is 6.42 Å². The minimum Gasteiger partial charge on any atom is -0.480 e. The Labute approximate surface area is 148 Å². The maximum absolute atomic E-state index is 12.4. The molecule has 9 heteroatoms. The van der Waals surface area contributed by atoms with E-state index >= 15 is 0 Å². The summed E-state index contributed by atoms with van der Waals surface area (Å²) in [6.45, 7) is 0.904. The van der Waals surface area contributed by atoms with Gasteiger partial charge in [0.15, 0.2) is 0 Å². The predicted octanol–water partition coefficient (Wildman–Crippen LogP) is 1.61. The summed E-state index contributed by atoms with van der Waals surface area (Å²) < 4.78 is 5.31. The number of ether oxygens (including phenoxy) is 1. The Morgan fingerprint density at radius 1 is 1.46 bits per heavy atom. The molecule has 1 amide bonds. The van der Waals surface area contributed by atoms with E-state index in [1.54, 1.807) is 12.3 Å². The average Bonchev–Trinajstić information content (AvgIpc) is 3.02. The normalized spacial score (nSPS) is 18.4. The van der Waals surface area contributed by atoms with Crippen LogP contribution in [0.5, 0.6) is 0 Å². The van der Waals surface area contributed by atoms with Crippen LogP contribution in [0.4, 0.5) is 5.69 Å². The SMILES string of the molecule is O=C(Cc1c[nH]c2ccc([N+](=O)[O-])cc12)NC(C(=O)O)C1CCCOC1. The molecular weight excluding hydrogens is 342 g/mol. The lowest BCUT2D eigenvalue weighted by atomic mass is 9.93. The van der Waals surface area contributed by atoms with E-state index in [2.05, 4.69) is 10.3 Å². The number of fused-ring (bicyclic) bond motifs is 1. The number of nitrogens with zero attached hydrogens (tertiary/aromatic N) is 1. The topological polar surface area (TPSA) is 135 Å². The molecule has 0 saturated carbocycles. The molecule has 9 nitrogen and oxygen atoms in total. The average molecular weight is 361 g/mol. The first-order valence-corrected chi connectivity index (χ1v) is 8.30. The lowest BCUT2D eigenvalue weighted by Gasteiger charge is -2.28. The number of aromatic amines is 1. The molecule has 1 aromatic heterocycles. The fraction of sp³-hybridized carbons (Fsp3) is 0.412. The number of aliphatic carboxylic acids is 1. The Bertz CT molecular complexity index is 840. The fourth-order valence-electron chi connectivity index (χ4n) is 3.23. The molecule has 1 saturated heterocycles. The van der Waals surface area contributed by atoms with Gasteiger partial charge >= 0.3 is 5.97 Å². The highest BCUT2D eigenvalue weighted by molar-refractivity contribution is 5.91. The van der Waals surface area contributed by atoms with Gasteiger partial charge in [0.25, 0.3) is 5.69 Å². The first kappa shape index (κ1) is 17.9. The third kappa shape index (κ3) is 3.83. The van der Waals surface area contributed by atoms with Crippen LogP contribution in [0.3, 0.4) is 0 Å². The van der Waals surface area contributed by atoms with Crippen molar-refractivity contribution >= 4 is 28.5 Å². The molecule has 2 unspecified atom stereocenters. The summed E-state index contributed by atoms with van der Waals surface area (Å²) in [5.74, 6) is -1.81. The van der Waals surface area contributed by atoms with Crippen LogP contribution in [0.15, 0.2) is 24.4 Å². The van der Waals surface area contributed by atoms with Crippen molar-refractivity contribution in [3.05, 3.63) is 40.1 Å². The molecular formula is C17H19N3O6. The van der Waals surface area contributed by atoms with Crippen LogP contribution in [0, 0.1) is 16.0 Å². The zero-order valence-electron chi connectivity index (χ0n) is 13.9. The quantitative estimate of drug-likeness (QED) is 0.528. The number of carbonyl (C=O) groups excluding carboxylic acids is 1. The molecule has 1 aliphatic rings. The Balaban J connectivity index is 1.74. The molecule has 1 aromatic carbocycles. The number of amides is 1. The second-order valence-electron chi connectivity index (χ2n) is 6.34. The van der Waals surface area contributed by atoms with Crippen molar-refractivity contribution in [2.24, 2.45) is 5.92 Å². The van der Waals surface area contributed by atoms with Crippen molar-refractivity contribution in [2.45, 2.75) is 25.3 Å². The van der Waals surface area contributed by atoms with Crippen molar-refractivity contribution in [2.75, 3.05) is 13.2 Å². The first-order valence-electron chi connectivity index (χ1n) is 8.30. The standard InChI is InChI=1S/C17H19N3O6/c21-15(19-16(17(22)23)10-2-1-5-26-9-10)6-11-8-18-14-4-3-12(20(24)25)7-13(11)14/h3-4,7-8,10,16,18H,1-2,5-6,9H2,(H,19,21)(H,22,23). The Morgan fingerprint density at radius 2 is 2.27 bits per heavy atom. The molecule has 26 heavy (non-hydrogen) atoms. The van der Waals surface area contributed by atoms with Gasteiger partial charge < -0.3 is 20.1 Å². The third-order valence-corrected chi connectivity index (χ3v) is 4.56. The van der Waals surface area contributed by atoms with Gasteiger partial charge in [0.05, 0.1) is 18.0 Å². The number of carbonyl (C=O) groups is 2. The molecule has 2 atom stereocenters. The van der Waals surface area contributed by atoms with E-state index in [-0.39, 0.29) is 18.0 Å². The molecule has 2 heterocycles. The van der Waals surface area contributed by atoms with Gasteiger partial charge in [-0.2, -0.15) is 0 Å². The summed E-state index contributed by atoms with van der Waals surface area (Å²) in [4.78, 5) is 37.3. The van der Waals surface area contributed by atoms with Gasteiger partial charge in [-0.1, -0.05) is 0 Å². The maximum atomic E-state index is 12.4. The fourth-order valence-corrected chi connectivity index (χ4v) is 3.23. The number of H-pyrrole nitrogens is 1. The number of carboxylic acid groups (broad SMARTS) is 1. The summed E-state index contributed by atoms with van der Waals surface area (Å²) in [6, 6.07) is 3.35. The molecule has 0 radical (unpaired) electrons. The smallest absolute Gasteiger partial charge is 0.326 e. The number of non-ortho nitro benzene ring substituents is 1. The minimum atomic E-state index is -1.09. The molecule has 0 bridgehead atoms. The molecule has 1 aliphatic heterocycles. The summed E-state index contributed by atoms with van der Waals surface area (Å²) in [5.41, 5.74) is 1.18. The van der Waals surface area contributed by atoms with Gasteiger partial charge in [-0.15, -0.1) is 0 Å². The number of aromatic nitrogens is 1. The largest absolute Gasteiger partial charge is 0.480 e. The molecule has 3 N–H and O–H groups in total. The monoisotopic (exact) mass is 361 g/mol. The van der Waals surface area contributed by atoms with Crippen molar-refractivity contribution in [1.82, 2.24) is 10.3 Å². The number of hydrogen-bond acceptors (Lipinski definition) is 5. The van der Waals surface area contributed by atoms with E-state index in [0.29, 0.717) is 36.1 Å². The number of hydrogen-bond donors (Lipinski definition) is 3.